The minimum atomic E-state index is 0.103. The Morgan fingerprint density at radius 3 is 2.70 bits per heavy atom. The van der Waals surface area contributed by atoms with Crippen LogP contribution in [-0.2, 0) is 11.3 Å². The Morgan fingerprint density at radius 1 is 1.30 bits per heavy atom. The zero-order valence-corrected chi connectivity index (χ0v) is 12.4. The first-order valence-corrected chi connectivity index (χ1v) is 7.15. The third-order valence-corrected chi connectivity index (χ3v) is 3.88. The van der Waals surface area contributed by atoms with Crippen LogP contribution in [0.1, 0.15) is 25.0 Å². The Balaban J connectivity index is 1.87. The number of nitriles is 1. The highest BCUT2D eigenvalue weighted by molar-refractivity contribution is 5.37. The predicted molar refractivity (Wildman–Crippen MR) is 79.3 cm³/mol. The molecule has 1 aromatic rings. The van der Waals surface area contributed by atoms with Crippen molar-refractivity contribution in [2.45, 2.75) is 25.9 Å². The molecule has 0 spiro atoms. The van der Waals surface area contributed by atoms with E-state index in [-0.39, 0.29) is 5.54 Å². The van der Waals surface area contributed by atoms with Crippen molar-refractivity contribution in [3.63, 3.8) is 0 Å². The molecule has 2 rings (SSSR count). The summed E-state index contributed by atoms with van der Waals surface area (Å²) in [5, 5.41) is 12.6. The summed E-state index contributed by atoms with van der Waals surface area (Å²) >= 11 is 0. The Hall–Kier alpha value is -1.41. The van der Waals surface area contributed by atoms with Gasteiger partial charge in [0, 0.05) is 31.7 Å². The van der Waals surface area contributed by atoms with E-state index in [2.05, 4.69) is 30.1 Å². The van der Waals surface area contributed by atoms with Crippen molar-refractivity contribution in [1.29, 1.82) is 5.26 Å². The summed E-state index contributed by atoms with van der Waals surface area (Å²) < 4.78 is 5.40. The molecule has 1 aliphatic heterocycles. The second kappa shape index (κ2) is 6.85. The number of morpholine rings is 1. The number of nitrogens with one attached hydrogen (secondary N) is 1. The normalized spacial score (nSPS) is 16.9. The average Bonchev–Trinajstić information content (AvgIpc) is 2.48. The van der Waals surface area contributed by atoms with Gasteiger partial charge in [0.25, 0.3) is 0 Å². The van der Waals surface area contributed by atoms with Gasteiger partial charge in [-0.25, -0.2) is 0 Å². The molecule has 0 bridgehead atoms. The number of benzene rings is 1. The molecule has 0 unspecified atom stereocenters. The molecule has 108 valence electrons. The van der Waals surface area contributed by atoms with Crippen molar-refractivity contribution in [3.05, 3.63) is 35.4 Å². The van der Waals surface area contributed by atoms with Gasteiger partial charge in [-0.3, -0.25) is 4.90 Å². The van der Waals surface area contributed by atoms with Crippen LogP contribution in [0, 0.1) is 11.3 Å². The molecule has 1 heterocycles. The van der Waals surface area contributed by atoms with E-state index in [1.807, 2.05) is 24.3 Å². The lowest BCUT2D eigenvalue weighted by Crippen LogP contribution is -2.54. The van der Waals surface area contributed by atoms with Crippen molar-refractivity contribution < 1.29 is 4.74 Å². The van der Waals surface area contributed by atoms with E-state index < -0.39 is 0 Å². The second-order valence-corrected chi connectivity index (χ2v) is 5.78. The van der Waals surface area contributed by atoms with Crippen LogP contribution < -0.4 is 5.32 Å². The van der Waals surface area contributed by atoms with Crippen LogP contribution in [0.3, 0.4) is 0 Å². The highest BCUT2D eigenvalue weighted by Gasteiger charge is 2.27. The molecule has 0 aliphatic carbocycles. The second-order valence-electron chi connectivity index (χ2n) is 5.78. The molecule has 1 aliphatic rings. The number of hydrogen-bond donors (Lipinski definition) is 1. The van der Waals surface area contributed by atoms with E-state index in [1.165, 1.54) is 0 Å². The fourth-order valence-corrected chi connectivity index (χ4v) is 2.57. The van der Waals surface area contributed by atoms with Gasteiger partial charge in [0.1, 0.15) is 0 Å². The molecule has 0 saturated carbocycles. The van der Waals surface area contributed by atoms with Gasteiger partial charge in [0.05, 0.1) is 24.8 Å². The van der Waals surface area contributed by atoms with Gasteiger partial charge in [0.15, 0.2) is 0 Å². The molecular weight excluding hydrogens is 250 g/mol. The van der Waals surface area contributed by atoms with Gasteiger partial charge in [-0.2, -0.15) is 5.26 Å². The number of hydrogen-bond acceptors (Lipinski definition) is 4. The van der Waals surface area contributed by atoms with E-state index in [1.54, 1.807) is 0 Å². The van der Waals surface area contributed by atoms with Crippen LogP contribution in [-0.4, -0.2) is 43.3 Å². The highest BCUT2D eigenvalue weighted by Crippen LogP contribution is 2.15. The summed E-state index contributed by atoms with van der Waals surface area (Å²) in [6, 6.07) is 9.99. The molecular formula is C16H23N3O. The lowest BCUT2D eigenvalue weighted by atomic mass is 10.0. The fraction of sp³-hybridized carbons (Fsp3) is 0.562. The molecule has 4 nitrogen and oxygen atoms in total. The number of nitrogens with zero attached hydrogens (tertiary/aromatic N) is 2. The Labute approximate surface area is 121 Å². The minimum Gasteiger partial charge on any atom is -0.379 e. The van der Waals surface area contributed by atoms with Gasteiger partial charge < -0.3 is 10.1 Å². The van der Waals surface area contributed by atoms with E-state index in [0.717, 1.165) is 50.5 Å². The highest BCUT2D eigenvalue weighted by atomic mass is 16.5. The molecule has 4 heteroatoms. The monoisotopic (exact) mass is 273 g/mol. The van der Waals surface area contributed by atoms with Crippen LogP contribution in [0.25, 0.3) is 0 Å². The Kier molecular flexibility index (Phi) is 5.13. The summed E-state index contributed by atoms with van der Waals surface area (Å²) in [6.07, 6.45) is 0. The summed E-state index contributed by atoms with van der Waals surface area (Å²) in [5.74, 6) is 0. The first-order chi connectivity index (χ1) is 9.63. The number of ether oxygens (including phenoxy) is 1. The standard InChI is InChI=1S/C16H23N3O/c1-16(2,19-7-9-20-10-8-19)13-18-12-15-6-4-3-5-14(15)11-17/h3-6,18H,7-10,12-13H2,1-2H3. The first kappa shape index (κ1) is 15.0. The van der Waals surface area contributed by atoms with Crippen molar-refractivity contribution in [1.82, 2.24) is 10.2 Å². The van der Waals surface area contributed by atoms with Crippen molar-refractivity contribution in [2.24, 2.45) is 0 Å². The van der Waals surface area contributed by atoms with Crippen LogP contribution in [0.15, 0.2) is 24.3 Å². The average molecular weight is 273 g/mol. The molecule has 0 radical (unpaired) electrons. The Bertz CT molecular complexity index is 473. The van der Waals surface area contributed by atoms with Crippen LogP contribution >= 0.6 is 0 Å². The molecule has 20 heavy (non-hydrogen) atoms. The molecule has 1 aromatic carbocycles. The largest absolute Gasteiger partial charge is 0.379 e. The predicted octanol–water partition coefficient (Wildman–Crippen LogP) is 1.76. The van der Waals surface area contributed by atoms with Crippen LogP contribution in [0.2, 0.25) is 0 Å². The summed E-state index contributed by atoms with van der Waals surface area (Å²) in [5.41, 5.74) is 1.92. The van der Waals surface area contributed by atoms with Gasteiger partial charge in [-0.1, -0.05) is 18.2 Å². The molecule has 0 amide bonds. The van der Waals surface area contributed by atoms with Crippen molar-refractivity contribution in [2.75, 3.05) is 32.8 Å². The minimum absolute atomic E-state index is 0.103. The molecule has 0 atom stereocenters. The van der Waals surface area contributed by atoms with Crippen molar-refractivity contribution >= 4 is 0 Å². The zero-order chi connectivity index (χ0) is 14.4. The van der Waals surface area contributed by atoms with E-state index >= 15 is 0 Å². The van der Waals surface area contributed by atoms with Crippen LogP contribution in [0.5, 0.6) is 0 Å². The third kappa shape index (κ3) is 3.80. The topological polar surface area (TPSA) is 48.3 Å². The van der Waals surface area contributed by atoms with Crippen LogP contribution in [0.4, 0.5) is 0 Å². The summed E-state index contributed by atoms with van der Waals surface area (Å²) in [4.78, 5) is 2.46. The van der Waals surface area contributed by atoms with Gasteiger partial charge in [-0.05, 0) is 25.5 Å². The zero-order valence-electron chi connectivity index (χ0n) is 12.4. The maximum atomic E-state index is 9.08. The van der Waals surface area contributed by atoms with E-state index in [0.29, 0.717) is 0 Å². The van der Waals surface area contributed by atoms with Gasteiger partial charge in [-0.15, -0.1) is 0 Å². The van der Waals surface area contributed by atoms with Gasteiger partial charge in [0.2, 0.25) is 0 Å². The lowest BCUT2D eigenvalue weighted by Gasteiger charge is -2.41. The van der Waals surface area contributed by atoms with E-state index in [4.69, 9.17) is 10.00 Å². The maximum Gasteiger partial charge on any atom is 0.0995 e. The molecule has 1 fully saturated rings. The lowest BCUT2D eigenvalue weighted by molar-refractivity contribution is -0.00967. The number of rotatable bonds is 5. The maximum absolute atomic E-state index is 9.08. The first-order valence-electron chi connectivity index (χ1n) is 7.15. The Morgan fingerprint density at radius 2 is 2.00 bits per heavy atom. The SMILES string of the molecule is CC(C)(CNCc1ccccc1C#N)N1CCOCC1. The summed E-state index contributed by atoms with van der Waals surface area (Å²) in [7, 11) is 0. The van der Waals surface area contributed by atoms with Gasteiger partial charge >= 0.3 is 0 Å². The van der Waals surface area contributed by atoms with E-state index in [9.17, 15) is 0 Å². The smallest absolute Gasteiger partial charge is 0.0995 e. The van der Waals surface area contributed by atoms with Crippen molar-refractivity contribution in [3.8, 4) is 6.07 Å². The molecule has 1 saturated heterocycles. The quantitative estimate of drug-likeness (QED) is 0.888. The fourth-order valence-electron chi connectivity index (χ4n) is 2.57. The summed E-state index contributed by atoms with van der Waals surface area (Å²) in [6.45, 7) is 9.75. The molecule has 0 aromatic heterocycles. The third-order valence-electron chi connectivity index (χ3n) is 3.88. The molecule has 1 N–H and O–H groups in total.